The molecule has 1 unspecified atom stereocenters. The summed E-state index contributed by atoms with van der Waals surface area (Å²) in [4.78, 5) is 0. The Morgan fingerprint density at radius 2 is 2.15 bits per heavy atom. The van der Waals surface area contributed by atoms with Gasteiger partial charge in [0.25, 0.3) is 0 Å². The van der Waals surface area contributed by atoms with E-state index < -0.39 is 0 Å². The summed E-state index contributed by atoms with van der Waals surface area (Å²) in [6, 6.07) is 6.65. The van der Waals surface area contributed by atoms with Crippen molar-refractivity contribution in [3.8, 4) is 5.75 Å². The number of benzene rings is 1. The van der Waals surface area contributed by atoms with Crippen molar-refractivity contribution in [3.63, 3.8) is 0 Å². The number of hydrogen-bond acceptors (Lipinski definition) is 1. The van der Waals surface area contributed by atoms with E-state index in [9.17, 15) is 0 Å². The smallest absolute Gasteiger partial charge is 0.122 e. The van der Waals surface area contributed by atoms with Crippen LogP contribution in [0.5, 0.6) is 5.75 Å². The van der Waals surface area contributed by atoms with Gasteiger partial charge >= 0.3 is 0 Å². The number of hydrogen-bond donors (Lipinski definition) is 0. The lowest BCUT2D eigenvalue weighted by Gasteiger charge is -2.32. The Kier molecular flexibility index (Phi) is 3.81. The van der Waals surface area contributed by atoms with E-state index in [0.717, 1.165) is 38.0 Å². The summed E-state index contributed by atoms with van der Waals surface area (Å²) in [6.07, 6.45) is 7.86. The molecule has 1 heterocycles. The molecule has 0 radical (unpaired) electrons. The average Bonchev–Trinajstić information content (AvgIpc) is 2.81. The van der Waals surface area contributed by atoms with Crippen LogP contribution in [0.15, 0.2) is 29.8 Å². The molecule has 0 aromatic heterocycles. The Morgan fingerprint density at radius 1 is 1.30 bits per heavy atom. The van der Waals surface area contributed by atoms with Gasteiger partial charge < -0.3 is 4.74 Å². The highest BCUT2D eigenvalue weighted by Gasteiger charge is 2.27. The molecule has 0 amide bonds. The van der Waals surface area contributed by atoms with E-state index in [0.29, 0.717) is 5.41 Å². The Labute approximate surface area is 127 Å². The van der Waals surface area contributed by atoms with E-state index in [1.54, 1.807) is 0 Å². The number of ether oxygens (including phenoxy) is 1. The first-order chi connectivity index (χ1) is 9.52. The number of alkyl halides is 1. The monoisotopic (exact) mass is 290 g/mol. The quantitative estimate of drug-likeness (QED) is 0.568. The van der Waals surface area contributed by atoms with Gasteiger partial charge in [-0.1, -0.05) is 37.6 Å². The van der Waals surface area contributed by atoms with E-state index in [1.165, 1.54) is 23.1 Å². The number of fused-ring (bicyclic) bond motifs is 1. The highest BCUT2D eigenvalue weighted by Crippen LogP contribution is 2.39. The van der Waals surface area contributed by atoms with Crippen LogP contribution in [-0.2, 0) is 12.8 Å². The molecule has 3 rings (SSSR count). The maximum atomic E-state index is 6.36. The first-order valence-corrected chi connectivity index (χ1v) is 8.04. The number of halogens is 1. The first-order valence-electron chi connectivity index (χ1n) is 7.60. The average molecular weight is 291 g/mol. The van der Waals surface area contributed by atoms with Crippen LogP contribution in [0, 0.1) is 5.41 Å². The second-order valence-corrected chi connectivity index (χ2v) is 7.49. The zero-order chi connectivity index (χ0) is 14.2. The van der Waals surface area contributed by atoms with E-state index in [4.69, 9.17) is 16.3 Å². The molecule has 2 aliphatic rings. The fourth-order valence-electron chi connectivity index (χ4n) is 3.46. The lowest BCUT2D eigenvalue weighted by atomic mass is 9.76. The first kappa shape index (κ1) is 14.0. The van der Waals surface area contributed by atoms with Crippen LogP contribution in [-0.4, -0.2) is 12.0 Å². The molecule has 0 saturated carbocycles. The predicted molar refractivity (Wildman–Crippen MR) is 84.7 cm³/mol. The summed E-state index contributed by atoms with van der Waals surface area (Å²) < 4.78 is 5.56. The molecule has 20 heavy (non-hydrogen) atoms. The summed E-state index contributed by atoms with van der Waals surface area (Å²) in [5.74, 6) is 1.08. The molecule has 1 aliphatic heterocycles. The lowest BCUT2D eigenvalue weighted by molar-refractivity contribution is 0.318. The molecule has 1 nitrogen and oxygen atoms in total. The molecule has 0 saturated heterocycles. The third-order valence-electron chi connectivity index (χ3n) is 4.36. The SMILES string of the molecule is CC1(C)CC(CCc2ccc3c(c2)CCO3)=CC(Cl)C1. The van der Waals surface area contributed by atoms with E-state index in [1.807, 2.05) is 0 Å². The molecule has 108 valence electrons. The minimum Gasteiger partial charge on any atom is -0.493 e. The lowest BCUT2D eigenvalue weighted by Crippen LogP contribution is -2.22. The second-order valence-electron chi connectivity index (χ2n) is 6.93. The van der Waals surface area contributed by atoms with Gasteiger partial charge in [0.15, 0.2) is 0 Å². The van der Waals surface area contributed by atoms with Gasteiger partial charge in [0.2, 0.25) is 0 Å². The normalized spacial score (nSPS) is 23.9. The predicted octanol–water partition coefficient (Wildman–Crippen LogP) is 4.91. The van der Waals surface area contributed by atoms with Gasteiger partial charge in [0.05, 0.1) is 12.0 Å². The maximum absolute atomic E-state index is 6.36. The Balaban J connectivity index is 1.65. The van der Waals surface area contributed by atoms with Crippen LogP contribution in [0.1, 0.15) is 44.2 Å². The number of aryl methyl sites for hydroxylation is 1. The van der Waals surface area contributed by atoms with Crippen molar-refractivity contribution in [1.29, 1.82) is 0 Å². The van der Waals surface area contributed by atoms with Crippen LogP contribution in [0.4, 0.5) is 0 Å². The summed E-state index contributed by atoms with van der Waals surface area (Å²) in [5, 5.41) is 0.210. The molecule has 0 bridgehead atoms. The van der Waals surface area contributed by atoms with E-state index >= 15 is 0 Å². The van der Waals surface area contributed by atoms with Crippen LogP contribution in [0.3, 0.4) is 0 Å². The van der Waals surface area contributed by atoms with Crippen molar-refractivity contribution in [3.05, 3.63) is 41.0 Å². The van der Waals surface area contributed by atoms with Gasteiger partial charge in [-0.3, -0.25) is 0 Å². The number of rotatable bonds is 3. The number of allylic oxidation sites excluding steroid dienone is 2. The molecule has 0 N–H and O–H groups in total. The highest BCUT2D eigenvalue weighted by molar-refractivity contribution is 6.21. The summed E-state index contributed by atoms with van der Waals surface area (Å²) in [5.41, 5.74) is 4.67. The van der Waals surface area contributed by atoms with Gasteiger partial charge in [0, 0.05) is 6.42 Å². The maximum Gasteiger partial charge on any atom is 0.122 e. The van der Waals surface area contributed by atoms with Crippen molar-refractivity contribution in [1.82, 2.24) is 0 Å². The molecular formula is C18H23ClO. The van der Waals surface area contributed by atoms with Crippen molar-refractivity contribution >= 4 is 11.6 Å². The third-order valence-corrected chi connectivity index (χ3v) is 4.64. The van der Waals surface area contributed by atoms with E-state index in [-0.39, 0.29) is 5.38 Å². The molecule has 2 heteroatoms. The summed E-state index contributed by atoms with van der Waals surface area (Å²) >= 11 is 6.36. The fourth-order valence-corrected chi connectivity index (χ4v) is 4.06. The zero-order valence-electron chi connectivity index (χ0n) is 12.4. The van der Waals surface area contributed by atoms with Crippen molar-refractivity contribution in [2.24, 2.45) is 5.41 Å². The largest absolute Gasteiger partial charge is 0.493 e. The van der Waals surface area contributed by atoms with Gasteiger partial charge in [-0.25, -0.2) is 0 Å². The summed E-state index contributed by atoms with van der Waals surface area (Å²) in [7, 11) is 0. The van der Waals surface area contributed by atoms with Crippen molar-refractivity contribution in [2.75, 3.05) is 6.61 Å². The van der Waals surface area contributed by atoms with Crippen LogP contribution >= 0.6 is 11.6 Å². The molecular weight excluding hydrogens is 268 g/mol. The minimum atomic E-state index is 0.210. The Bertz CT molecular complexity index is 530. The van der Waals surface area contributed by atoms with Gasteiger partial charge in [0.1, 0.15) is 5.75 Å². The van der Waals surface area contributed by atoms with Crippen LogP contribution in [0.2, 0.25) is 0 Å². The Morgan fingerprint density at radius 3 is 2.95 bits per heavy atom. The van der Waals surface area contributed by atoms with Gasteiger partial charge in [-0.15, -0.1) is 11.6 Å². The van der Waals surface area contributed by atoms with Crippen molar-refractivity contribution in [2.45, 2.75) is 51.3 Å². The molecule has 0 fully saturated rings. The van der Waals surface area contributed by atoms with Gasteiger partial charge in [-0.2, -0.15) is 0 Å². The summed E-state index contributed by atoms with van der Waals surface area (Å²) in [6.45, 7) is 5.48. The molecule has 0 spiro atoms. The van der Waals surface area contributed by atoms with Gasteiger partial charge in [-0.05, 0) is 48.3 Å². The minimum absolute atomic E-state index is 0.210. The molecule has 1 aromatic carbocycles. The Hall–Kier alpha value is -0.950. The fraction of sp³-hybridized carbons (Fsp3) is 0.556. The zero-order valence-corrected chi connectivity index (χ0v) is 13.2. The third kappa shape index (κ3) is 3.20. The van der Waals surface area contributed by atoms with E-state index in [2.05, 4.69) is 38.1 Å². The van der Waals surface area contributed by atoms with Crippen molar-refractivity contribution < 1.29 is 4.74 Å². The van der Waals surface area contributed by atoms with Crippen LogP contribution < -0.4 is 4.74 Å². The highest BCUT2D eigenvalue weighted by atomic mass is 35.5. The molecule has 1 atom stereocenters. The standard InChI is InChI=1S/C18H23ClO/c1-18(2)11-14(10-16(19)12-18)4-3-13-5-6-17-15(9-13)7-8-20-17/h5-6,9-10,16H,3-4,7-8,11-12H2,1-2H3. The molecule has 1 aromatic rings. The molecule has 1 aliphatic carbocycles. The second kappa shape index (κ2) is 5.44. The van der Waals surface area contributed by atoms with Crippen LogP contribution in [0.25, 0.3) is 0 Å². The topological polar surface area (TPSA) is 9.23 Å².